The van der Waals surface area contributed by atoms with Crippen molar-refractivity contribution in [2.75, 3.05) is 13.2 Å². The van der Waals surface area contributed by atoms with E-state index >= 15 is 4.79 Å². The fourth-order valence-electron chi connectivity index (χ4n) is 8.92. The van der Waals surface area contributed by atoms with E-state index in [4.69, 9.17) is 23.7 Å². The van der Waals surface area contributed by atoms with Gasteiger partial charge in [0, 0.05) is 25.3 Å². The predicted molar refractivity (Wildman–Crippen MR) is 195 cm³/mol. The van der Waals surface area contributed by atoms with Crippen molar-refractivity contribution in [2.45, 2.75) is 136 Å². The summed E-state index contributed by atoms with van der Waals surface area (Å²) in [7, 11) is 0. The number of rotatable bonds is 10. The van der Waals surface area contributed by atoms with Crippen LogP contribution < -0.4 is 10.6 Å². The topological polar surface area (TPSA) is 216 Å². The Hall–Kier alpha value is -3.89. The molecule has 0 unspecified atom stereocenters. The zero-order valence-corrected chi connectivity index (χ0v) is 33.3. The van der Waals surface area contributed by atoms with Gasteiger partial charge in [0.2, 0.25) is 5.79 Å². The van der Waals surface area contributed by atoms with Gasteiger partial charge in [-0.25, -0.2) is 9.59 Å². The van der Waals surface area contributed by atoms with Crippen LogP contribution in [0.3, 0.4) is 0 Å². The largest absolute Gasteiger partial charge is 0.453 e. The summed E-state index contributed by atoms with van der Waals surface area (Å²) in [5.74, 6) is -6.80. The average Bonchev–Trinajstić information content (AvgIpc) is 3.26. The van der Waals surface area contributed by atoms with Gasteiger partial charge in [-0.2, -0.15) is 0 Å². The maximum atomic E-state index is 15.0. The number of ketones is 1. The van der Waals surface area contributed by atoms with Crippen LogP contribution in [0.5, 0.6) is 0 Å². The van der Waals surface area contributed by atoms with Crippen molar-refractivity contribution in [2.24, 2.45) is 22.7 Å². The van der Waals surface area contributed by atoms with Crippen LogP contribution in [0, 0.1) is 22.7 Å². The number of alkyl carbamates (subject to hydrolysis) is 1. The van der Waals surface area contributed by atoms with E-state index in [1.54, 1.807) is 59.7 Å². The molecule has 3 saturated heterocycles. The smallest absolute Gasteiger partial charge is 0.407 e. The molecule has 0 spiro atoms. The minimum absolute atomic E-state index is 0.0105. The van der Waals surface area contributed by atoms with Crippen LogP contribution in [0.15, 0.2) is 41.5 Å². The maximum absolute atomic E-state index is 15.0. The monoisotopic (exact) mass is 772 g/mol. The molecule has 1 aliphatic carbocycles. The highest BCUT2D eigenvalue weighted by Gasteiger charge is 2.80. The number of Topliss-reactive ketones (excluding diaryl/α,β-unsaturated/α-hetero) is 1. The van der Waals surface area contributed by atoms with Gasteiger partial charge in [-0.05, 0) is 64.7 Å². The highest BCUT2D eigenvalue weighted by Crippen LogP contribution is 2.65. The molecule has 0 radical (unpaired) electrons. The predicted octanol–water partition coefficient (Wildman–Crippen LogP) is 2.73. The fraction of sp³-hybridized carbons (Fsp3) is 0.675. The van der Waals surface area contributed by atoms with E-state index in [2.05, 4.69) is 10.6 Å². The summed E-state index contributed by atoms with van der Waals surface area (Å²) in [6.45, 7) is 16.0. The van der Waals surface area contributed by atoms with Gasteiger partial charge in [0.15, 0.2) is 23.6 Å². The van der Waals surface area contributed by atoms with Gasteiger partial charge >= 0.3 is 18.0 Å². The van der Waals surface area contributed by atoms with Crippen LogP contribution in [-0.2, 0) is 38.1 Å². The molecule has 55 heavy (non-hydrogen) atoms. The normalized spacial score (nSPS) is 34.1. The van der Waals surface area contributed by atoms with E-state index in [0.29, 0.717) is 5.57 Å². The van der Waals surface area contributed by atoms with Crippen molar-refractivity contribution in [3.63, 3.8) is 0 Å². The fourth-order valence-corrected chi connectivity index (χ4v) is 8.92. The summed E-state index contributed by atoms with van der Waals surface area (Å²) in [4.78, 5) is 67.6. The first kappa shape index (κ1) is 42.3. The van der Waals surface area contributed by atoms with Crippen molar-refractivity contribution >= 4 is 29.7 Å². The van der Waals surface area contributed by atoms with E-state index in [0.717, 1.165) is 0 Å². The molecule has 5 N–H and O–H groups in total. The Bertz CT molecular complexity index is 1720. The number of benzene rings is 1. The van der Waals surface area contributed by atoms with Crippen LogP contribution >= 0.6 is 0 Å². The third kappa shape index (κ3) is 7.41. The molecule has 5 rings (SSSR count). The molecule has 10 atom stereocenters. The Kier molecular flexibility index (Phi) is 11.4. The molecular formula is C40H56N2O13. The quantitative estimate of drug-likeness (QED) is 0.132. The zero-order chi connectivity index (χ0) is 41.1. The number of aliphatic hydroxyl groups excluding tert-OH is 2. The molecule has 15 nitrogen and oxygen atoms in total. The van der Waals surface area contributed by atoms with Crippen molar-refractivity contribution in [1.29, 1.82) is 0 Å². The van der Waals surface area contributed by atoms with Crippen LogP contribution in [0.25, 0.3) is 0 Å². The number of carbonyl (C=O) groups excluding carboxylic acids is 5. The van der Waals surface area contributed by atoms with Gasteiger partial charge in [0.05, 0.1) is 35.6 Å². The zero-order valence-electron chi connectivity index (χ0n) is 33.3. The van der Waals surface area contributed by atoms with E-state index < -0.39 is 100 Å². The first-order valence-corrected chi connectivity index (χ1v) is 18.8. The van der Waals surface area contributed by atoms with Crippen molar-refractivity contribution in [1.82, 2.24) is 10.6 Å². The van der Waals surface area contributed by atoms with E-state index in [1.165, 1.54) is 26.0 Å². The van der Waals surface area contributed by atoms with Gasteiger partial charge in [-0.3, -0.25) is 14.4 Å². The van der Waals surface area contributed by atoms with Crippen LogP contribution in [0.4, 0.5) is 4.79 Å². The van der Waals surface area contributed by atoms with Gasteiger partial charge < -0.3 is 49.6 Å². The van der Waals surface area contributed by atoms with Gasteiger partial charge in [0.25, 0.3) is 5.91 Å². The number of fused-ring (bicyclic) bond motifs is 5. The number of nitrogens with one attached hydrogen (secondary N) is 2. The Morgan fingerprint density at radius 3 is 2.24 bits per heavy atom. The Balaban J connectivity index is 1.54. The highest BCUT2D eigenvalue weighted by atomic mass is 16.7. The van der Waals surface area contributed by atoms with E-state index in [9.17, 15) is 34.5 Å². The number of amides is 2. The Labute approximate surface area is 321 Å². The SMILES string of the molecule is CC(=O)O[C@@]12CO[C@@H]1C[C@H](O)[C@@]1(C)C(=O)[C@@H]3O[C@](O)([C@@H](OC(=O)c4ccccc4)[C@H]21)C(C)(C)/C3=C(\C)CNC(=O)[C@H](O)[C@H](CC(C)C)NC(=O)OC(C)(C)C. The van der Waals surface area contributed by atoms with Crippen LogP contribution in [0.1, 0.15) is 92.4 Å². The second-order valence-electron chi connectivity index (χ2n) is 17.5. The number of esters is 2. The molecule has 2 amide bonds. The van der Waals surface area contributed by atoms with Gasteiger partial charge in [0.1, 0.15) is 17.8 Å². The minimum Gasteiger partial charge on any atom is -0.453 e. The molecule has 3 heterocycles. The lowest BCUT2D eigenvalue weighted by Crippen LogP contribution is -2.79. The van der Waals surface area contributed by atoms with Crippen molar-refractivity contribution < 1.29 is 63.0 Å². The number of aliphatic hydroxyl groups is 3. The van der Waals surface area contributed by atoms with Gasteiger partial charge in [-0.1, -0.05) is 51.5 Å². The van der Waals surface area contributed by atoms with Crippen LogP contribution in [-0.4, -0.2) is 112 Å². The maximum Gasteiger partial charge on any atom is 0.407 e. The van der Waals surface area contributed by atoms with Crippen LogP contribution in [0.2, 0.25) is 0 Å². The number of ether oxygens (including phenoxy) is 5. The molecule has 1 aromatic carbocycles. The molecule has 2 bridgehead atoms. The average molecular weight is 773 g/mol. The second-order valence-corrected chi connectivity index (χ2v) is 17.5. The minimum atomic E-state index is -2.45. The van der Waals surface area contributed by atoms with E-state index in [1.807, 2.05) is 13.8 Å². The molecular weight excluding hydrogens is 716 g/mol. The molecule has 4 aliphatic rings. The van der Waals surface area contributed by atoms with Gasteiger partial charge in [-0.15, -0.1) is 0 Å². The lowest BCUT2D eigenvalue weighted by Gasteiger charge is -2.63. The second kappa shape index (κ2) is 14.9. The molecule has 304 valence electrons. The Morgan fingerprint density at radius 2 is 1.69 bits per heavy atom. The standard InChI is InChI=1S/C40H56N2O13/c1-20(2)16-24(42-35(49)55-36(5,6)7)28(45)33(47)41-18-21(3)27-29-31(46)38(10)25(44)17-26-39(19-51-26,53-22(4)43)30(38)32(40(50,54-29)37(27,8)9)52-34(48)23-14-12-11-13-15-23/h11-15,20,24-26,28-30,32,44-45,50H,16-19H2,1-10H3,(H,41,47)(H,42,49)/b27-21+/t24-,25-,26+,28+,29+,30-,32-,38+,39-,40+/m0/s1. The summed E-state index contributed by atoms with van der Waals surface area (Å²) < 4.78 is 29.6. The first-order chi connectivity index (χ1) is 25.4. The summed E-state index contributed by atoms with van der Waals surface area (Å²) >= 11 is 0. The molecule has 1 saturated carbocycles. The number of hydrogen-bond donors (Lipinski definition) is 5. The molecule has 15 heteroatoms. The van der Waals surface area contributed by atoms with Crippen molar-refractivity contribution in [3.05, 3.63) is 47.0 Å². The number of carbonyl (C=O) groups is 5. The molecule has 0 aromatic heterocycles. The third-order valence-electron chi connectivity index (χ3n) is 11.6. The third-order valence-corrected chi connectivity index (χ3v) is 11.6. The summed E-state index contributed by atoms with van der Waals surface area (Å²) in [5.41, 5.74) is -4.91. The summed E-state index contributed by atoms with van der Waals surface area (Å²) in [5, 5.41) is 41.1. The van der Waals surface area contributed by atoms with E-state index in [-0.39, 0.29) is 43.0 Å². The molecule has 1 aromatic rings. The molecule has 4 fully saturated rings. The summed E-state index contributed by atoms with van der Waals surface area (Å²) in [6, 6.07) is 7.02. The first-order valence-electron chi connectivity index (χ1n) is 18.8. The molecule has 3 aliphatic heterocycles. The van der Waals surface area contributed by atoms with Crippen molar-refractivity contribution in [3.8, 4) is 0 Å². The lowest BCUT2D eigenvalue weighted by molar-refractivity contribution is -0.356. The lowest BCUT2D eigenvalue weighted by atomic mass is 9.49. The summed E-state index contributed by atoms with van der Waals surface area (Å²) in [6.07, 6.45) is -7.79. The highest BCUT2D eigenvalue weighted by molar-refractivity contribution is 5.95. The number of hydrogen-bond acceptors (Lipinski definition) is 13. The Morgan fingerprint density at radius 1 is 1.05 bits per heavy atom.